The van der Waals surface area contributed by atoms with E-state index < -0.39 is 10.0 Å². The summed E-state index contributed by atoms with van der Waals surface area (Å²) >= 11 is 2.92. The van der Waals surface area contributed by atoms with E-state index in [0.29, 0.717) is 25.6 Å². The van der Waals surface area contributed by atoms with Gasteiger partial charge in [-0.2, -0.15) is 16.1 Å². The third kappa shape index (κ3) is 3.74. The van der Waals surface area contributed by atoms with Crippen molar-refractivity contribution in [1.29, 1.82) is 0 Å². The summed E-state index contributed by atoms with van der Waals surface area (Å²) < 4.78 is 27.1. The van der Waals surface area contributed by atoms with Crippen molar-refractivity contribution < 1.29 is 13.2 Å². The summed E-state index contributed by atoms with van der Waals surface area (Å²) in [7, 11) is -3.60. The summed E-state index contributed by atoms with van der Waals surface area (Å²) in [5.41, 5.74) is 5.72. The number of rotatable bonds is 6. The quantitative estimate of drug-likeness (QED) is 0.772. The average molecular weight is 376 g/mol. The number of nitrogens with one attached hydrogen (secondary N) is 1. The molecule has 0 bridgehead atoms. The summed E-state index contributed by atoms with van der Waals surface area (Å²) in [6, 6.07) is 1.47. The first kappa shape index (κ1) is 17.2. The van der Waals surface area contributed by atoms with Gasteiger partial charge in [0.05, 0.1) is 0 Å². The Kier molecular flexibility index (Phi) is 5.32. The van der Waals surface area contributed by atoms with Crippen LogP contribution in [0.15, 0.2) is 16.3 Å². The van der Waals surface area contributed by atoms with Crippen LogP contribution >= 0.6 is 23.1 Å². The van der Waals surface area contributed by atoms with Crippen LogP contribution in [0.3, 0.4) is 0 Å². The monoisotopic (exact) mass is 375 g/mol. The van der Waals surface area contributed by atoms with Crippen molar-refractivity contribution in [1.82, 2.24) is 9.62 Å². The Morgan fingerprint density at radius 1 is 1.39 bits per heavy atom. The molecule has 0 spiro atoms. The second-order valence-corrected chi connectivity index (χ2v) is 9.83. The second-order valence-electron chi connectivity index (χ2n) is 5.78. The lowest BCUT2D eigenvalue weighted by atomic mass is 10.2. The number of nitrogens with zero attached hydrogens (tertiary/aromatic N) is 1. The molecule has 6 nitrogen and oxygen atoms in total. The summed E-state index contributed by atoms with van der Waals surface area (Å²) in [5, 5.41) is 4.57. The SMILES string of the molecule is NCC(NC(=O)c1sccc1S(=O)(=O)N1CCSCC1)C1CC1. The molecular weight excluding hydrogens is 354 g/mol. The van der Waals surface area contributed by atoms with Gasteiger partial charge in [0, 0.05) is 37.2 Å². The minimum atomic E-state index is -3.60. The molecule has 3 rings (SSSR count). The Morgan fingerprint density at radius 3 is 2.70 bits per heavy atom. The number of carbonyl (C=O) groups is 1. The molecule has 23 heavy (non-hydrogen) atoms. The van der Waals surface area contributed by atoms with Crippen LogP contribution in [0.4, 0.5) is 0 Å². The maximum atomic E-state index is 12.8. The van der Waals surface area contributed by atoms with Gasteiger partial charge in [0.1, 0.15) is 9.77 Å². The largest absolute Gasteiger partial charge is 0.347 e. The van der Waals surface area contributed by atoms with Crippen LogP contribution in [0.2, 0.25) is 0 Å². The Morgan fingerprint density at radius 2 is 2.09 bits per heavy atom. The normalized spacial score (nSPS) is 21.1. The third-order valence-corrected chi connectivity index (χ3v) is 8.11. The van der Waals surface area contributed by atoms with E-state index in [4.69, 9.17) is 5.73 Å². The van der Waals surface area contributed by atoms with E-state index in [2.05, 4.69) is 5.32 Å². The van der Waals surface area contributed by atoms with E-state index in [9.17, 15) is 13.2 Å². The molecule has 1 amide bonds. The molecule has 1 saturated carbocycles. The van der Waals surface area contributed by atoms with Crippen LogP contribution < -0.4 is 11.1 Å². The third-order valence-electron chi connectivity index (χ3n) is 4.18. The molecule has 128 valence electrons. The number of carbonyl (C=O) groups excluding carboxylic acids is 1. The minimum Gasteiger partial charge on any atom is -0.347 e. The van der Waals surface area contributed by atoms with Crippen LogP contribution in [-0.2, 0) is 10.0 Å². The van der Waals surface area contributed by atoms with Gasteiger partial charge in [0.25, 0.3) is 5.91 Å². The van der Waals surface area contributed by atoms with Crippen LogP contribution in [0.25, 0.3) is 0 Å². The molecule has 9 heteroatoms. The lowest BCUT2D eigenvalue weighted by Gasteiger charge is -2.25. The molecule has 1 aliphatic heterocycles. The highest BCUT2D eigenvalue weighted by Crippen LogP contribution is 2.33. The van der Waals surface area contributed by atoms with Crippen molar-refractivity contribution in [3.8, 4) is 0 Å². The first-order valence-electron chi connectivity index (χ1n) is 7.70. The van der Waals surface area contributed by atoms with Gasteiger partial charge < -0.3 is 11.1 Å². The number of nitrogens with two attached hydrogens (primary N) is 1. The fraction of sp³-hybridized carbons (Fsp3) is 0.643. The first-order chi connectivity index (χ1) is 11.0. The molecule has 0 radical (unpaired) electrons. The maximum Gasteiger partial charge on any atom is 0.263 e. The van der Waals surface area contributed by atoms with Crippen molar-refractivity contribution in [3.05, 3.63) is 16.3 Å². The van der Waals surface area contributed by atoms with Gasteiger partial charge in [-0.15, -0.1) is 11.3 Å². The van der Waals surface area contributed by atoms with E-state index in [1.54, 1.807) is 17.1 Å². The zero-order valence-electron chi connectivity index (χ0n) is 12.7. The molecule has 1 aromatic heterocycles. The summed E-state index contributed by atoms with van der Waals surface area (Å²) in [6.45, 7) is 1.38. The lowest BCUT2D eigenvalue weighted by Crippen LogP contribution is -2.42. The number of hydrogen-bond donors (Lipinski definition) is 2. The first-order valence-corrected chi connectivity index (χ1v) is 11.2. The predicted octanol–water partition coefficient (Wildman–Crippen LogP) is 0.953. The number of sulfonamides is 1. The number of thioether (sulfide) groups is 1. The van der Waals surface area contributed by atoms with Crippen molar-refractivity contribution >= 4 is 39.0 Å². The molecule has 3 N–H and O–H groups in total. The standard InChI is InChI=1S/C14H21N3O3S3/c15-9-11(10-1-2-10)16-14(18)13-12(3-6-22-13)23(19,20)17-4-7-21-8-5-17/h3,6,10-11H,1-2,4-5,7-9,15H2,(H,16,18). The zero-order chi connectivity index (χ0) is 16.4. The summed E-state index contributed by atoms with van der Waals surface area (Å²) in [5.74, 6) is 1.69. The van der Waals surface area contributed by atoms with Crippen LogP contribution in [0, 0.1) is 5.92 Å². The van der Waals surface area contributed by atoms with E-state index >= 15 is 0 Å². The number of hydrogen-bond acceptors (Lipinski definition) is 6. The molecule has 2 aliphatic rings. The smallest absolute Gasteiger partial charge is 0.263 e. The Balaban J connectivity index is 1.79. The van der Waals surface area contributed by atoms with Crippen LogP contribution in [0.1, 0.15) is 22.5 Å². The molecule has 2 fully saturated rings. The van der Waals surface area contributed by atoms with Gasteiger partial charge in [-0.05, 0) is 30.2 Å². The second kappa shape index (κ2) is 7.10. The summed E-state index contributed by atoms with van der Waals surface area (Å²) in [4.78, 5) is 12.9. The molecule has 1 saturated heterocycles. The van der Waals surface area contributed by atoms with Gasteiger partial charge in [-0.1, -0.05) is 0 Å². The number of amides is 1. The maximum absolute atomic E-state index is 12.8. The molecular formula is C14H21N3O3S3. The predicted molar refractivity (Wildman–Crippen MR) is 93.4 cm³/mol. The molecule has 1 unspecified atom stereocenters. The highest BCUT2D eigenvalue weighted by atomic mass is 32.2. The van der Waals surface area contributed by atoms with E-state index in [1.165, 1.54) is 21.7 Å². The Bertz CT molecular complexity index is 664. The average Bonchev–Trinajstić information content (AvgIpc) is 3.28. The Labute approximate surface area is 144 Å². The Hall–Kier alpha value is -0.610. The van der Waals surface area contributed by atoms with Crippen molar-refractivity contribution in [3.63, 3.8) is 0 Å². The van der Waals surface area contributed by atoms with Gasteiger partial charge in [0.15, 0.2) is 0 Å². The van der Waals surface area contributed by atoms with Crippen LogP contribution in [0.5, 0.6) is 0 Å². The molecule has 1 aromatic rings. The summed E-state index contributed by atoms with van der Waals surface area (Å²) in [6.07, 6.45) is 2.15. The van der Waals surface area contributed by atoms with E-state index in [0.717, 1.165) is 24.3 Å². The molecule has 0 aromatic carbocycles. The van der Waals surface area contributed by atoms with Crippen molar-refractivity contribution in [2.75, 3.05) is 31.1 Å². The van der Waals surface area contributed by atoms with Gasteiger partial charge in [-0.25, -0.2) is 8.42 Å². The van der Waals surface area contributed by atoms with Gasteiger partial charge >= 0.3 is 0 Å². The number of thiophene rings is 1. The van der Waals surface area contributed by atoms with Gasteiger partial charge in [0.2, 0.25) is 10.0 Å². The highest BCUT2D eigenvalue weighted by Gasteiger charge is 2.34. The molecule has 2 heterocycles. The lowest BCUT2D eigenvalue weighted by molar-refractivity contribution is 0.0934. The topological polar surface area (TPSA) is 92.5 Å². The van der Waals surface area contributed by atoms with Crippen molar-refractivity contribution in [2.45, 2.75) is 23.8 Å². The van der Waals surface area contributed by atoms with Crippen LogP contribution in [-0.4, -0.2) is 55.8 Å². The molecule has 1 atom stereocenters. The molecule has 1 aliphatic carbocycles. The van der Waals surface area contributed by atoms with Gasteiger partial charge in [-0.3, -0.25) is 4.79 Å². The minimum absolute atomic E-state index is 0.0634. The zero-order valence-corrected chi connectivity index (χ0v) is 15.2. The van der Waals surface area contributed by atoms with Crippen molar-refractivity contribution in [2.24, 2.45) is 11.7 Å². The highest BCUT2D eigenvalue weighted by molar-refractivity contribution is 7.99. The fourth-order valence-electron chi connectivity index (χ4n) is 2.69. The van der Waals surface area contributed by atoms with E-state index in [-0.39, 0.29) is 21.7 Å². The fourth-order valence-corrected chi connectivity index (χ4v) is 6.57. The van der Waals surface area contributed by atoms with E-state index in [1.807, 2.05) is 0 Å².